The Bertz CT molecular complexity index is 3740. The molecule has 0 aliphatic carbocycles. The molecule has 0 spiro atoms. The Morgan fingerprint density at radius 2 is 0.681 bits per heavy atom. The average molecular weight is 882 g/mol. The molecule has 3 heteroatoms. The van der Waals surface area contributed by atoms with Gasteiger partial charge in [-0.25, -0.2) is 0 Å². The molecule has 0 fully saturated rings. The molecule has 0 saturated heterocycles. The van der Waals surface area contributed by atoms with E-state index in [0.29, 0.717) is 0 Å². The molecular formula is C66H47N3. The van der Waals surface area contributed by atoms with E-state index in [2.05, 4.69) is 276 Å². The van der Waals surface area contributed by atoms with Crippen LogP contribution in [0.15, 0.2) is 280 Å². The van der Waals surface area contributed by atoms with Gasteiger partial charge in [0.05, 0.1) is 22.1 Å². The second-order valence-electron chi connectivity index (χ2n) is 17.6. The van der Waals surface area contributed by atoms with Gasteiger partial charge in [-0.1, -0.05) is 189 Å². The summed E-state index contributed by atoms with van der Waals surface area (Å²) in [6.07, 6.45) is 4.13. The molecule has 3 nitrogen and oxygen atoms in total. The fourth-order valence-corrected chi connectivity index (χ4v) is 9.97. The second kappa shape index (κ2) is 17.6. The molecule has 326 valence electrons. The van der Waals surface area contributed by atoms with Crippen molar-refractivity contribution in [3.63, 3.8) is 0 Å². The Kier molecular flexibility index (Phi) is 10.5. The van der Waals surface area contributed by atoms with E-state index in [9.17, 15) is 0 Å². The van der Waals surface area contributed by atoms with Gasteiger partial charge in [-0.05, 0) is 129 Å². The topological polar surface area (TPSA) is 13.1 Å². The van der Waals surface area contributed by atoms with Crippen molar-refractivity contribution in [1.82, 2.24) is 9.13 Å². The SMILES string of the molecule is C=C(/C=C\C(=C)N(c1ccc(-c2ccccc2)cc1)c1ccc(-c2ccccc2)cc1)c1ccc(-c2ccc3c(c2)c2ccccc2n3-c2ccc(-n3c4ccccc4c4ccccc43)cc2)cc1. The number of aromatic nitrogens is 2. The molecule has 0 atom stereocenters. The number of fused-ring (bicyclic) bond motifs is 6. The second-order valence-corrected chi connectivity index (χ2v) is 17.6. The highest BCUT2D eigenvalue weighted by molar-refractivity contribution is 6.11. The summed E-state index contributed by atoms with van der Waals surface area (Å²) in [6.45, 7) is 9.08. The highest BCUT2D eigenvalue weighted by Crippen LogP contribution is 2.38. The molecule has 12 aromatic rings. The zero-order valence-electron chi connectivity index (χ0n) is 38.1. The summed E-state index contributed by atoms with van der Waals surface area (Å²) in [6, 6.07) is 88.9. The molecule has 12 rings (SSSR count). The zero-order valence-corrected chi connectivity index (χ0v) is 38.1. The van der Waals surface area contributed by atoms with E-state index in [-0.39, 0.29) is 0 Å². The maximum absolute atomic E-state index is 4.59. The molecule has 2 heterocycles. The van der Waals surface area contributed by atoms with Crippen molar-refractivity contribution in [3.05, 3.63) is 285 Å². The van der Waals surface area contributed by atoms with Gasteiger partial charge in [0.25, 0.3) is 0 Å². The van der Waals surface area contributed by atoms with Crippen molar-refractivity contribution in [2.45, 2.75) is 0 Å². The van der Waals surface area contributed by atoms with Crippen LogP contribution in [-0.2, 0) is 0 Å². The zero-order chi connectivity index (χ0) is 46.3. The Balaban J connectivity index is 0.811. The third-order valence-corrected chi connectivity index (χ3v) is 13.4. The first-order chi connectivity index (χ1) is 34.1. The highest BCUT2D eigenvalue weighted by Gasteiger charge is 2.17. The molecule has 0 saturated carbocycles. The predicted octanol–water partition coefficient (Wildman–Crippen LogP) is 17.8. The molecule has 0 radical (unpaired) electrons. The number of para-hydroxylation sites is 3. The van der Waals surface area contributed by atoms with Gasteiger partial charge in [-0.2, -0.15) is 0 Å². The first-order valence-corrected chi connectivity index (χ1v) is 23.5. The van der Waals surface area contributed by atoms with E-state index in [1.165, 1.54) is 71.4 Å². The van der Waals surface area contributed by atoms with Gasteiger partial charge < -0.3 is 14.0 Å². The number of hydrogen-bond donors (Lipinski definition) is 0. The quantitative estimate of drug-likeness (QED) is 0.118. The van der Waals surface area contributed by atoms with Gasteiger partial charge in [-0.3, -0.25) is 0 Å². The van der Waals surface area contributed by atoms with E-state index in [1.54, 1.807) is 0 Å². The largest absolute Gasteiger partial charge is 0.311 e. The molecule has 0 aliphatic rings. The molecule has 2 aromatic heterocycles. The lowest BCUT2D eigenvalue weighted by atomic mass is 9.99. The van der Waals surface area contributed by atoms with Crippen LogP contribution in [0.1, 0.15) is 5.56 Å². The third kappa shape index (κ3) is 7.62. The Hall–Kier alpha value is -9.18. The smallest absolute Gasteiger partial charge is 0.0541 e. The third-order valence-electron chi connectivity index (χ3n) is 13.4. The summed E-state index contributed by atoms with van der Waals surface area (Å²) < 4.78 is 4.76. The first-order valence-electron chi connectivity index (χ1n) is 23.5. The Labute approximate surface area is 402 Å². The van der Waals surface area contributed by atoms with Crippen LogP contribution in [-0.4, -0.2) is 9.13 Å². The van der Waals surface area contributed by atoms with Gasteiger partial charge in [0, 0.05) is 50.0 Å². The Morgan fingerprint density at radius 3 is 1.16 bits per heavy atom. The van der Waals surface area contributed by atoms with Gasteiger partial charge in [-0.15, -0.1) is 0 Å². The van der Waals surface area contributed by atoms with Crippen LogP contribution >= 0.6 is 0 Å². The minimum Gasteiger partial charge on any atom is -0.311 e. The number of rotatable bonds is 11. The van der Waals surface area contributed by atoms with Crippen LogP contribution in [0.4, 0.5) is 11.4 Å². The standard InChI is InChI=1S/C66H47N3/c1-46(25-26-47(2)67(55-36-31-51(32-37-55)49-15-5-3-6-16-49)56-38-33-52(34-39-56)50-17-7-4-8-18-50)48-27-29-53(30-28-48)54-35-44-66-62(45-54)61-21-11-14-24-65(61)69(66)58-42-40-57(41-43-58)68-63-22-12-9-19-59(63)60-20-10-13-23-64(60)68/h3-45H,1-2H2/b26-25-. The summed E-state index contributed by atoms with van der Waals surface area (Å²) in [5.41, 5.74) is 18.9. The summed E-state index contributed by atoms with van der Waals surface area (Å²) in [5, 5.41) is 4.97. The van der Waals surface area contributed by atoms with E-state index >= 15 is 0 Å². The fraction of sp³-hybridized carbons (Fsp3) is 0. The molecule has 0 amide bonds. The molecule has 69 heavy (non-hydrogen) atoms. The van der Waals surface area contributed by atoms with Crippen LogP contribution in [0, 0.1) is 0 Å². The molecular weight excluding hydrogens is 835 g/mol. The van der Waals surface area contributed by atoms with Crippen molar-refractivity contribution in [1.29, 1.82) is 0 Å². The van der Waals surface area contributed by atoms with Crippen LogP contribution in [0.25, 0.3) is 93.9 Å². The average Bonchev–Trinajstić information content (AvgIpc) is 3.94. The van der Waals surface area contributed by atoms with Crippen LogP contribution in [0.2, 0.25) is 0 Å². The molecule has 0 aliphatic heterocycles. The summed E-state index contributed by atoms with van der Waals surface area (Å²) in [7, 11) is 0. The molecule has 10 aromatic carbocycles. The minimum absolute atomic E-state index is 0.833. The lowest BCUT2D eigenvalue weighted by Crippen LogP contribution is -2.14. The van der Waals surface area contributed by atoms with E-state index in [0.717, 1.165) is 45.1 Å². The number of anilines is 2. The normalized spacial score (nSPS) is 11.5. The van der Waals surface area contributed by atoms with Crippen LogP contribution in [0.3, 0.4) is 0 Å². The fourth-order valence-electron chi connectivity index (χ4n) is 9.97. The van der Waals surface area contributed by atoms with Gasteiger partial charge in [0.1, 0.15) is 0 Å². The lowest BCUT2D eigenvalue weighted by molar-refractivity contribution is 1.14. The maximum Gasteiger partial charge on any atom is 0.0541 e. The summed E-state index contributed by atoms with van der Waals surface area (Å²) in [4.78, 5) is 2.20. The number of allylic oxidation sites excluding steroid dienone is 3. The monoisotopic (exact) mass is 881 g/mol. The number of benzene rings is 10. The van der Waals surface area contributed by atoms with Gasteiger partial charge in [0.15, 0.2) is 0 Å². The molecule has 0 N–H and O–H groups in total. The van der Waals surface area contributed by atoms with E-state index < -0.39 is 0 Å². The van der Waals surface area contributed by atoms with Gasteiger partial charge in [0.2, 0.25) is 0 Å². The predicted molar refractivity (Wildman–Crippen MR) is 294 cm³/mol. The molecule has 0 bridgehead atoms. The summed E-state index contributed by atoms with van der Waals surface area (Å²) in [5.74, 6) is 0. The van der Waals surface area contributed by atoms with Crippen molar-refractivity contribution < 1.29 is 0 Å². The Morgan fingerprint density at radius 1 is 0.319 bits per heavy atom. The van der Waals surface area contributed by atoms with Crippen molar-refractivity contribution >= 4 is 60.6 Å². The number of hydrogen-bond acceptors (Lipinski definition) is 1. The van der Waals surface area contributed by atoms with E-state index in [4.69, 9.17) is 0 Å². The summed E-state index contributed by atoms with van der Waals surface area (Å²) >= 11 is 0. The first kappa shape index (κ1) is 41.3. The van der Waals surface area contributed by atoms with Crippen LogP contribution in [0.5, 0.6) is 0 Å². The lowest BCUT2D eigenvalue weighted by Gasteiger charge is -2.26. The maximum atomic E-state index is 4.59. The van der Waals surface area contributed by atoms with Crippen LogP contribution < -0.4 is 4.90 Å². The van der Waals surface area contributed by atoms with Gasteiger partial charge >= 0.3 is 0 Å². The van der Waals surface area contributed by atoms with E-state index in [1.807, 2.05) is 12.1 Å². The number of nitrogens with zero attached hydrogens (tertiary/aromatic N) is 3. The van der Waals surface area contributed by atoms with Crippen molar-refractivity contribution in [2.75, 3.05) is 4.90 Å². The van der Waals surface area contributed by atoms with Crippen molar-refractivity contribution in [2.24, 2.45) is 0 Å². The minimum atomic E-state index is 0.833. The van der Waals surface area contributed by atoms with Crippen molar-refractivity contribution in [3.8, 4) is 44.8 Å². The molecule has 0 unspecified atom stereocenters. The highest BCUT2D eigenvalue weighted by atomic mass is 15.1.